The summed E-state index contributed by atoms with van der Waals surface area (Å²) < 4.78 is 0. The van der Waals surface area contributed by atoms with E-state index >= 15 is 0 Å². The van der Waals surface area contributed by atoms with E-state index in [0.29, 0.717) is 6.04 Å². The van der Waals surface area contributed by atoms with E-state index in [4.69, 9.17) is 0 Å². The SMILES string of the molecule is C1=C(c2cccnc2)C[C@H]2NCCC[C@@H]12. The van der Waals surface area contributed by atoms with Crippen LogP contribution in [0.5, 0.6) is 0 Å². The number of piperidine rings is 1. The summed E-state index contributed by atoms with van der Waals surface area (Å²) in [6.45, 7) is 1.19. The lowest BCUT2D eigenvalue weighted by Gasteiger charge is -2.25. The first-order valence-electron chi connectivity index (χ1n) is 5.78. The fourth-order valence-corrected chi connectivity index (χ4v) is 2.73. The third kappa shape index (κ3) is 1.70. The molecule has 1 saturated heterocycles. The van der Waals surface area contributed by atoms with Gasteiger partial charge in [0.2, 0.25) is 0 Å². The number of nitrogens with zero attached hydrogens (tertiary/aromatic N) is 1. The summed E-state index contributed by atoms with van der Waals surface area (Å²) in [7, 11) is 0. The van der Waals surface area contributed by atoms with Crippen LogP contribution in [0.2, 0.25) is 0 Å². The molecule has 2 heteroatoms. The third-order valence-corrected chi connectivity index (χ3v) is 3.53. The lowest BCUT2D eigenvalue weighted by Crippen LogP contribution is -2.37. The number of hydrogen-bond acceptors (Lipinski definition) is 2. The van der Waals surface area contributed by atoms with Crippen molar-refractivity contribution in [3.8, 4) is 0 Å². The standard InChI is InChI=1S/C13H16N2/c1-4-11(9-14-5-1)12-7-10-3-2-6-15-13(10)8-12/h1,4-5,7,9-10,13,15H,2-3,6,8H2/t10-,13+/m0/s1. The van der Waals surface area contributed by atoms with Gasteiger partial charge < -0.3 is 5.32 Å². The van der Waals surface area contributed by atoms with Gasteiger partial charge in [0.1, 0.15) is 0 Å². The molecule has 15 heavy (non-hydrogen) atoms. The second-order valence-corrected chi connectivity index (χ2v) is 4.50. The highest BCUT2D eigenvalue weighted by Crippen LogP contribution is 2.35. The summed E-state index contributed by atoms with van der Waals surface area (Å²) in [5.41, 5.74) is 2.78. The van der Waals surface area contributed by atoms with Gasteiger partial charge in [0.25, 0.3) is 0 Å². The molecule has 0 unspecified atom stereocenters. The summed E-state index contributed by atoms with van der Waals surface area (Å²) in [6.07, 6.45) is 10.1. The van der Waals surface area contributed by atoms with Crippen LogP contribution in [0.15, 0.2) is 30.6 Å². The van der Waals surface area contributed by atoms with E-state index in [2.05, 4.69) is 22.4 Å². The quantitative estimate of drug-likeness (QED) is 0.752. The van der Waals surface area contributed by atoms with E-state index in [1.54, 1.807) is 0 Å². The molecule has 2 aliphatic rings. The number of rotatable bonds is 1. The Kier molecular flexibility index (Phi) is 2.29. The maximum atomic E-state index is 4.19. The molecule has 3 rings (SSSR count). The fraction of sp³-hybridized carbons (Fsp3) is 0.462. The van der Waals surface area contributed by atoms with Gasteiger partial charge in [-0.05, 0) is 48.9 Å². The van der Waals surface area contributed by atoms with Gasteiger partial charge in [-0.15, -0.1) is 0 Å². The lowest BCUT2D eigenvalue weighted by molar-refractivity contribution is 0.348. The highest BCUT2D eigenvalue weighted by atomic mass is 14.9. The molecule has 2 atom stereocenters. The van der Waals surface area contributed by atoms with Crippen molar-refractivity contribution >= 4 is 5.57 Å². The van der Waals surface area contributed by atoms with Crippen molar-refractivity contribution in [2.24, 2.45) is 5.92 Å². The van der Waals surface area contributed by atoms with Crippen molar-refractivity contribution in [3.05, 3.63) is 36.2 Å². The molecule has 1 aliphatic carbocycles. The number of fused-ring (bicyclic) bond motifs is 1. The molecule has 2 nitrogen and oxygen atoms in total. The Morgan fingerprint density at radius 1 is 1.40 bits per heavy atom. The first-order valence-corrected chi connectivity index (χ1v) is 5.78. The first-order chi connectivity index (χ1) is 7.43. The molecule has 1 aliphatic heterocycles. The summed E-state index contributed by atoms with van der Waals surface area (Å²) in [5.74, 6) is 0.758. The first kappa shape index (κ1) is 9.10. The zero-order valence-electron chi connectivity index (χ0n) is 8.82. The number of nitrogens with one attached hydrogen (secondary N) is 1. The van der Waals surface area contributed by atoms with Gasteiger partial charge in [0.15, 0.2) is 0 Å². The molecule has 1 N–H and O–H groups in total. The van der Waals surface area contributed by atoms with Crippen LogP contribution in [0, 0.1) is 5.92 Å². The topological polar surface area (TPSA) is 24.9 Å². The molecule has 0 bridgehead atoms. The molecule has 0 saturated carbocycles. The van der Waals surface area contributed by atoms with Crippen molar-refractivity contribution in [1.82, 2.24) is 10.3 Å². The smallest absolute Gasteiger partial charge is 0.0342 e. The monoisotopic (exact) mass is 200 g/mol. The zero-order valence-corrected chi connectivity index (χ0v) is 8.82. The molecule has 2 heterocycles. The second kappa shape index (κ2) is 3.78. The van der Waals surface area contributed by atoms with Crippen LogP contribution in [0.4, 0.5) is 0 Å². The zero-order chi connectivity index (χ0) is 10.1. The van der Waals surface area contributed by atoms with E-state index < -0.39 is 0 Å². The van der Waals surface area contributed by atoms with Crippen molar-refractivity contribution in [2.75, 3.05) is 6.54 Å². The van der Waals surface area contributed by atoms with Crippen LogP contribution < -0.4 is 5.32 Å². The molecule has 1 aromatic heterocycles. The minimum Gasteiger partial charge on any atom is -0.313 e. The highest BCUT2D eigenvalue weighted by Gasteiger charge is 2.29. The number of aromatic nitrogens is 1. The average molecular weight is 200 g/mol. The van der Waals surface area contributed by atoms with Gasteiger partial charge in [-0.2, -0.15) is 0 Å². The summed E-state index contributed by atoms with van der Waals surface area (Å²) in [6, 6.07) is 4.87. The second-order valence-electron chi connectivity index (χ2n) is 4.50. The van der Waals surface area contributed by atoms with Crippen LogP contribution >= 0.6 is 0 Å². The Balaban J connectivity index is 1.84. The fourth-order valence-electron chi connectivity index (χ4n) is 2.73. The van der Waals surface area contributed by atoms with Crippen LogP contribution in [0.3, 0.4) is 0 Å². The Morgan fingerprint density at radius 3 is 3.20 bits per heavy atom. The predicted octanol–water partition coefficient (Wildman–Crippen LogP) is 2.24. The van der Waals surface area contributed by atoms with Crippen LogP contribution in [0.1, 0.15) is 24.8 Å². The van der Waals surface area contributed by atoms with Crippen molar-refractivity contribution < 1.29 is 0 Å². The molecule has 78 valence electrons. The van der Waals surface area contributed by atoms with Crippen molar-refractivity contribution in [3.63, 3.8) is 0 Å². The Hall–Kier alpha value is -1.15. The molecule has 0 amide bonds. The molecule has 0 aromatic carbocycles. The van der Waals surface area contributed by atoms with Crippen LogP contribution in [-0.4, -0.2) is 17.6 Å². The van der Waals surface area contributed by atoms with E-state index in [9.17, 15) is 0 Å². The number of hydrogen-bond donors (Lipinski definition) is 1. The Morgan fingerprint density at radius 2 is 2.40 bits per heavy atom. The molecule has 1 aromatic rings. The van der Waals surface area contributed by atoms with Gasteiger partial charge in [-0.3, -0.25) is 4.98 Å². The van der Waals surface area contributed by atoms with Crippen LogP contribution in [-0.2, 0) is 0 Å². The minimum atomic E-state index is 0.689. The van der Waals surface area contributed by atoms with Gasteiger partial charge >= 0.3 is 0 Å². The van der Waals surface area contributed by atoms with E-state index in [-0.39, 0.29) is 0 Å². The summed E-state index contributed by atoms with van der Waals surface area (Å²) in [4.78, 5) is 4.19. The van der Waals surface area contributed by atoms with E-state index in [0.717, 1.165) is 5.92 Å². The molecule has 0 radical (unpaired) electrons. The highest BCUT2D eigenvalue weighted by molar-refractivity contribution is 5.68. The molecular weight excluding hydrogens is 184 g/mol. The van der Waals surface area contributed by atoms with Gasteiger partial charge in [-0.1, -0.05) is 12.1 Å². The molecule has 0 spiro atoms. The average Bonchev–Trinajstić information content (AvgIpc) is 2.74. The van der Waals surface area contributed by atoms with Gasteiger partial charge in [0, 0.05) is 18.4 Å². The maximum absolute atomic E-state index is 4.19. The normalized spacial score (nSPS) is 29.7. The van der Waals surface area contributed by atoms with Gasteiger partial charge in [-0.25, -0.2) is 0 Å². The lowest BCUT2D eigenvalue weighted by atomic mass is 9.94. The molecular formula is C13H16N2. The Bertz CT molecular complexity index is 369. The van der Waals surface area contributed by atoms with Crippen molar-refractivity contribution in [2.45, 2.75) is 25.3 Å². The van der Waals surface area contributed by atoms with Crippen LogP contribution in [0.25, 0.3) is 5.57 Å². The number of pyridine rings is 1. The maximum Gasteiger partial charge on any atom is 0.0342 e. The molecule has 1 fully saturated rings. The largest absolute Gasteiger partial charge is 0.313 e. The minimum absolute atomic E-state index is 0.689. The third-order valence-electron chi connectivity index (χ3n) is 3.53. The van der Waals surface area contributed by atoms with Gasteiger partial charge in [0.05, 0.1) is 0 Å². The Labute approximate surface area is 90.4 Å². The summed E-state index contributed by atoms with van der Waals surface area (Å²) >= 11 is 0. The summed E-state index contributed by atoms with van der Waals surface area (Å²) in [5, 5.41) is 3.61. The van der Waals surface area contributed by atoms with E-state index in [1.165, 1.54) is 36.9 Å². The van der Waals surface area contributed by atoms with E-state index in [1.807, 2.05) is 18.5 Å². The van der Waals surface area contributed by atoms with Crippen molar-refractivity contribution in [1.29, 1.82) is 0 Å². The predicted molar refractivity (Wildman–Crippen MR) is 61.3 cm³/mol.